The van der Waals surface area contributed by atoms with Gasteiger partial charge in [0.2, 0.25) is 0 Å². The molecular formula is C17H18ClNO2. The van der Waals surface area contributed by atoms with Gasteiger partial charge in [0.25, 0.3) is 5.91 Å². The molecule has 0 saturated heterocycles. The first-order valence-electron chi connectivity index (χ1n) is 6.91. The molecule has 0 aliphatic carbocycles. The zero-order chi connectivity index (χ0) is 15.2. The molecule has 2 aromatic rings. The summed E-state index contributed by atoms with van der Waals surface area (Å²) in [6, 6.07) is 14.7. The second-order valence-electron chi connectivity index (χ2n) is 4.72. The van der Waals surface area contributed by atoms with Gasteiger partial charge in [0.15, 0.2) is 6.10 Å². The average Bonchev–Trinajstić information content (AvgIpc) is 2.50. The fraction of sp³-hybridized carbons (Fsp3) is 0.235. The summed E-state index contributed by atoms with van der Waals surface area (Å²) in [7, 11) is 0. The zero-order valence-electron chi connectivity index (χ0n) is 12.1. The highest BCUT2D eigenvalue weighted by molar-refractivity contribution is 6.30. The summed E-state index contributed by atoms with van der Waals surface area (Å²) in [5.74, 6) is 0.557. The molecule has 0 aliphatic rings. The Kier molecular flexibility index (Phi) is 5.23. The van der Waals surface area contributed by atoms with E-state index in [2.05, 4.69) is 12.2 Å². The first kappa shape index (κ1) is 15.4. The Morgan fingerprint density at radius 1 is 1.19 bits per heavy atom. The van der Waals surface area contributed by atoms with Crippen LogP contribution in [-0.4, -0.2) is 12.0 Å². The van der Waals surface area contributed by atoms with E-state index in [9.17, 15) is 4.79 Å². The second kappa shape index (κ2) is 7.14. The third-order valence-corrected chi connectivity index (χ3v) is 3.39. The smallest absolute Gasteiger partial charge is 0.265 e. The first-order valence-corrected chi connectivity index (χ1v) is 7.29. The van der Waals surface area contributed by atoms with Gasteiger partial charge >= 0.3 is 0 Å². The second-order valence-corrected chi connectivity index (χ2v) is 5.15. The van der Waals surface area contributed by atoms with Crippen LogP contribution in [-0.2, 0) is 11.2 Å². The van der Waals surface area contributed by atoms with E-state index >= 15 is 0 Å². The number of hydrogen-bond acceptors (Lipinski definition) is 2. The van der Waals surface area contributed by atoms with Gasteiger partial charge in [-0.3, -0.25) is 4.79 Å². The highest BCUT2D eigenvalue weighted by Gasteiger charge is 2.16. The van der Waals surface area contributed by atoms with Crippen LogP contribution in [0.1, 0.15) is 19.4 Å². The molecule has 0 aliphatic heterocycles. The van der Waals surface area contributed by atoms with E-state index in [0.717, 1.165) is 17.7 Å². The molecule has 0 heterocycles. The van der Waals surface area contributed by atoms with E-state index in [1.165, 1.54) is 0 Å². The van der Waals surface area contributed by atoms with E-state index in [0.29, 0.717) is 10.7 Å². The van der Waals surface area contributed by atoms with Gasteiger partial charge in [-0.25, -0.2) is 0 Å². The largest absolute Gasteiger partial charge is 0.481 e. The summed E-state index contributed by atoms with van der Waals surface area (Å²) in [5.41, 5.74) is 1.78. The molecule has 0 aromatic heterocycles. The van der Waals surface area contributed by atoms with Crippen LogP contribution in [0.25, 0.3) is 0 Å². The fourth-order valence-corrected chi connectivity index (χ4v) is 2.06. The number of anilines is 1. The highest BCUT2D eigenvalue weighted by atomic mass is 35.5. The van der Waals surface area contributed by atoms with Crippen LogP contribution < -0.4 is 10.1 Å². The van der Waals surface area contributed by atoms with Crippen LogP contribution in [0.3, 0.4) is 0 Å². The molecule has 1 amide bonds. The minimum atomic E-state index is -0.576. The fourth-order valence-electron chi connectivity index (χ4n) is 1.93. The van der Waals surface area contributed by atoms with Crippen molar-refractivity contribution in [2.24, 2.45) is 0 Å². The number of carbonyl (C=O) groups excluding carboxylic acids is 1. The Hall–Kier alpha value is -2.00. The Morgan fingerprint density at radius 3 is 2.52 bits per heavy atom. The third kappa shape index (κ3) is 4.23. The van der Waals surface area contributed by atoms with Crippen molar-refractivity contribution in [1.82, 2.24) is 0 Å². The zero-order valence-corrected chi connectivity index (χ0v) is 12.9. The quantitative estimate of drug-likeness (QED) is 0.894. The summed E-state index contributed by atoms with van der Waals surface area (Å²) in [4.78, 5) is 12.1. The number of para-hydroxylation sites is 1. The summed E-state index contributed by atoms with van der Waals surface area (Å²) >= 11 is 5.81. The third-order valence-electron chi connectivity index (χ3n) is 3.14. The van der Waals surface area contributed by atoms with Crippen LogP contribution >= 0.6 is 11.6 Å². The van der Waals surface area contributed by atoms with E-state index in [1.54, 1.807) is 31.2 Å². The molecule has 2 rings (SSSR count). The van der Waals surface area contributed by atoms with Gasteiger partial charge in [0, 0.05) is 10.7 Å². The standard InChI is InChI=1S/C17H18ClNO2/c1-3-13-6-4-5-7-16(13)21-12(2)17(20)19-15-10-8-14(18)9-11-15/h4-12H,3H2,1-2H3,(H,19,20). The predicted octanol–water partition coefficient (Wildman–Crippen LogP) is 4.31. The number of rotatable bonds is 5. The predicted molar refractivity (Wildman–Crippen MR) is 86.0 cm³/mol. The average molecular weight is 304 g/mol. The topological polar surface area (TPSA) is 38.3 Å². The molecule has 110 valence electrons. The number of aryl methyl sites for hydroxylation is 1. The lowest BCUT2D eigenvalue weighted by Crippen LogP contribution is -2.30. The molecule has 21 heavy (non-hydrogen) atoms. The van der Waals surface area contributed by atoms with Gasteiger partial charge in [0.05, 0.1) is 0 Å². The molecule has 0 radical (unpaired) electrons. The van der Waals surface area contributed by atoms with Crippen molar-refractivity contribution in [2.75, 3.05) is 5.32 Å². The number of halogens is 1. The number of carbonyl (C=O) groups is 1. The number of benzene rings is 2. The van der Waals surface area contributed by atoms with Crippen LogP contribution in [0.4, 0.5) is 5.69 Å². The van der Waals surface area contributed by atoms with Gasteiger partial charge in [0.1, 0.15) is 5.75 Å². The maximum absolute atomic E-state index is 12.1. The maximum Gasteiger partial charge on any atom is 0.265 e. The van der Waals surface area contributed by atoms with Crippen molar-refractivity contribution in [3.63, 3.8) is 0 Å². The van der Waals surface area contributed by atoms with E-state index < -0.39 is 6.10 Å². The molecule has 4 heteroatoms. The number of hydrogen-bond donors (Lipinski definition) is 1. The molecule has 0 saturated carbocycles. The van der Waals surface area contributed by atoms with Crippen LogP contribution in [0.15, 0.2) is 48.5 Å². The summed E-state index contributed by atoms with van der Waals surface area (Å²) in [5, 5.41) is 3.44. The number of nitrogens with one attached hydrogen (secondary N) is 1. The van der Waals surface area contributed by atoms with Crippen molar-refractivity contribution < 1.29 is 9.53 Å². The summed E-state index contributed by atoms with van der Waals surface area (Å²) < 4.78 is 5.76. The lowest BCUT2D eigenvalue weighted by atomic mass is 10.1. The molecule has 0 fully saturated rings. The van der Waals surface area contributed by atoms with E-state index in [1.807, 2.05) is 24.3 Å². The van der Waals surface area contributed by atoms with Crippen molar-refractivity contribution in [3.8, 4) is 5.75 Å². The molecule has 0 spiro atoms. The van der Waals surface area contributed by atoms with E-state index in [-0.39, 0.29) is 5.91 Å². The monoisotopic (exact) mass is 303 g/mol. The van der Waals surface area contributed by atoms with Crippen molar-refractivity contribution in [1.29, 1.82) is 0 Å². The van der Waals surface area contributed by atoms with Gasteiger partial charge < -0.3 is 10.1 Å². The lowest BCUT2D eigenvalue weighted by molar-refractivity contribution is -0.122. The Bertz CT molecular complexity index is 610. The van der Waals surface area contributed by atoms with Crippen LogP contribution in [0.5, 0.6) is 5.75 Å². The minimum absolute atomic E-state index is 0.191. The highest BCUT2D eigenvalue weighted by Crippen LogP contribution is 2.20. The van der Waals surface area contributed by atoms with Gasteiger partial charge in [-0.2, -0.15) is 0 Å². The number of ether oxygens (including phenoxy) is 1. The van der Waals surface area contributed by atoms with Gasteiger partial charge in [-0.15, -0.1) is 0 Å². The van der Waals surface area contributed by atoms with Crippen LogP contribution in [0.2, 0.25) is 5.02 Å². The molecular weight excluding hydrogens is 286 g/mol. The molecule has 0 bridgehead atoms. The Morgan fingerprint density at radius 2 is 1.86 bits per heavy atom. The van der Waals surface area contributed by atoms with E-state index in [4.69, 9.17) is 16.3 Å². The number of amides is 1. The minimum Gasteiger partial charge on any atom is -0.481 e. The van der Waals surface area contributed by atoms with Crippen molar-refractivity contribution in [2.45, 2.75) is 26.4 Å². The summed E-state index contributed by atoms with van der Waals surface area (Å²) in [6.07, 6.45) is 0.287. The van der Waals surface area contributed by atoms with Crippen molar-refractivity contribution >= 4 is 23.2 Å². The molecule has 1 unspecified atom stereocenters. The SMILES string of the molecule is CCc1ccccc1OC(C)C(=O)Nc1ccc(Cl)cc1. The van der Waals surface area contributed by atoms with Crippen LogP contribution in [0, 0.1) is 0 Å². The maximum atomic E-state index is 12.1. The molecule has 2 aromatic carbocycles. The van der Waals surface area contributed by atoms with Gasteiger partial charge in [-0.05, 0) is 49.2 Å². The first-order chi connectivity index (χ1) is 10.1. The molecule has 1 atom stereocenters. The molecule has 1 N–H and O–H groups in total. The van der Waals surface area contributed by atoms with Gasteiger partial charge in [-0.1, -0.05) is 36.7 Å². The normalized spacial score (nSPS) is 11.8. The Balaban J connectivity index is 2.01. The summed E-state index contributed by atoms with van der Waals surface area (Å²) in [6.45, 7) is 3.79. The van der Waals surface area contributed by atoms with Crippen molar-refractivity contribution in [3.05, 3.63) is 59.1 Å². The lowest BCUT2D eigenvalue weighted by Gasteiger charge is -2.16. The Labute approximate surface area is 129 Å². The molecule has 3 nitrogen and oxygen atoms in total.